The molecule has 90 valence electrons. The largest absolute Gasteiger partial charge is 0.306 e. The fraction of sp³-hybridized carbons (Fsp3) is 0.500. The molecule has 0 atom stereocenters. The summed E-state index contributed by atoms with van der Waals surface area (Å²) in [5.41, 5.74) is -0.694. The van der Waals surface area contributed by atoms with Crippen molar-refractivity contribution >= 4 is 0 Å². The van der Waals surface area contributed by atoms with Crippen LogP contribution in [0.15, 0.2) is 24.3 Å². The van der Waals surface area contributed by atoms with Crippen LogP contribution in [0.5, 0.6) is 0 Å². The van der Waals surface area contributed by atoms with Gasteiger partial charge in [0.15, 0.2) is 0 Å². The van der Waals surface area contributed by atoms with Gasteiger partial charge in [0.25, 0.3) is 5.92 Å². The molecule has 0 fully saturated rings. The molecule has 4 heteroatoms. The third-order valence-corrected chi connectivity index (χ3v) is 2.09. The van der Waals surface area contributed by atoms with Crippen molar-refractivity contribution in [3.63, 3.8) is 0 Å². The summed E-state index contributed by atoms with van der Waals surface area (Å²) < 4.78 is 40.1. The molecule has 16 heavy (non-hydrogen) atoms. The molecule has 1 aromatic rings. The predicted octanol–water partition coefficient (Wildman–Crippen LogP) is 3.31. The van der Waals surface area contributed by atoms with E-state index in [4.69, 9.17) is 0 Å². The van der Waals surface area contributed by atoms with E-state index in [1.54, 1.807) is 20.8 Å². The van der Waals surface area contributed by atoms with Gasteiger partial charge >= 0.3 is 0 Å². The van der Waals surface area contributed by atoms with Crippen molar-refractivity contribution in [1.82, 2.24) is 5.32 Å². The van der Waals surface area contributed by atoms with Gasteiger partial charge < -0.3 is 5.32 Å². The van der Waals surface area contributed by atoms with Crippen LogP contribution in [0.2, 0.25) is 0 Å². The van der Waals surface area contributed by atoms with Crippen LogP contribution in [-0.4, -0.2) is 12.1 Å². The molecule has 0 aliphatic rings. The molecule has 1 N–H and O–H groups in total. The predicted molar refractivity (Wildman–Crippen MR) is 58.0 cm³/mol. The molecule has 0 saturated heterocycles. The summed E-state index contributed by atoms with van der Waals surface area (Å²) in [6.07, 6.45) is 0. The van der Waals surface area contributed by atoms with Gasteiger partial charge in [-0.05, 0) is 32.9 Å². The zero-order valence-electron chi connectivity index (χ0n) is 9.65. The molecule has 0 aromatic heterocycles. The Bertz CT molecular complexity index is 356. The lowest BCUT2D eigenvalue weighted by molar-refractivity contribution is -0.00887. The molecule has 0 aliphatic carbocycles. The summed E-state index contributed by atoms with van der Waals surface area (Å²) in [4.78, 5) is 0. The fourth-order valence-electron chi connectivity index (χ4n) is 1.19. The molecule has 0 radical (unpaired) electrons. The van der Waals surface area contributed by atoms with Crippen molar-refractivity contribution in [3.8, 4) is 0 Å². The molecule has 0 aliphatic heterocycles. The van der Waals surface area contributed by atoms with Crippen LogP contribution in [0.4, 0.5) is 13.2 Å². The first-order chi connectivity index (χ1) is 7.21. The van der Waals surface area contributed by atoms with Crippen LogP contribution >= 0.6 is 0 Å². The van der Waals surface area contributed by atoms with Gasteiger partial charge in [0.1, 0.15) is 5.82 Å². The van der Waals surface area contributed by atoms with Gasteiger partial charge in [0, 0.05) is 11.1 Å². The Labute approximate surface area is 93.7 Å². The van der Waals surface area contributed by atoms with Gasteiger partial charge in [-0.25, -0.2) is 4.39 Å². The minimum atomic E-state index is -3.06. The molecular formula is C12H16F3N. The van der Waals surface area contributed by atoms with E-state index in [1.165, 1.54) is 12.1 Å². The standard InChI is InChI=1S/C12H16F3N/c1-11(2,3)16-8-12(14,15)9-5-4-6-10(13)7-9/h4-7,16H,8H2,1-3H3. The SMILES string of the molecule is CC(C)(C)NCC(F)(F)c1cccc(F)c1. The summed E-state index contributed by atoms with van der Waals surface area (Å²) in [5.74, 6) is -3.71. The van der Waals surface area contributed by atoms with Crippen molar-refractivity contribution in [3.05, 3.63) is 35.6 Å². The zero-order chi connectivity index (χ0) is 12.4. The van der Waals surface area contributed by atoms with E-state index >= 15 is 0 Å². The number of benzene rings is 1. The number of halogens is 3. The van der Waals surface area contributed by atoms with Crippen LogP contribution in [0, 0.1) is 5.82 Å². The van der Waals surface area contributed by atoms with Crippen molar-refractivity contribution in [1.29, 1.82) is 0 Å². The summed E-state index contributed by atoms with van der Waals surface area (Å²) in [6, 6.07) is 4.53. The van der Waals surface area contributed by atoms with Crippen LogP contribution in [0.25, 0.3) is 0 Å². The molecule has 0 saturated carbocycles. The van der Waals surface area contributed by atoms with E-state index in [0.29, 0.717) is 0 Å². The number of hydrogen-bond acceptors (Lipinski definition) is 1. The molecule has 1 nitrogen and oxygen atoms in total. The van der Waals surface area contributed by atoms with Gasteiger partial charge in [-0.1, -0.05) is 12.1 Å². The third kappa shape index (κ3) is 3.85. The maximum atomic E-state index is 13.6. The third-order valence-electron chi connectivity index (χ3n) is 2.09. The van der Waals surface area contributed by atoms with E-state index in [9.17, 15) is 13.2 Å². The van der Waals surface area contributed by atoms with Crippen LogP contribution in [-0.2, 0) is 5.92 Å². The normalized spacial score (nSPS) is 12.9. The first kappa shape index (κ1) is 13.0. The number of hydrogen-bond donors (Lipinski definition) is 1. The highest BCUT2D eigenvalue weighted by Crippen LogP contribution is 2.28. The van der Waals surface area contributed by atoms with Crippen molar-refractivity contribution in [2.75, 3.05) is 6.54 Å². The van der Waals surface area contributed by atoms with Crippen molar-refractivity contribution in [2.45, 2.75) is 32.2 Å². The number of rotatable bonds is 3. The topological polar surface area (TPSA) is 12.0 Å². The number of nitrogens with one attached hydrogen (secondary N) is 1. The average Bonchev–Trinajstić information content (AvgIpc) is 2.14. The van der Waals surface area contributed by atoms with Gasteiger partial charge in [0.2, 0.25) is 0 Å². The van der Waals surface area contributed by atoms with Crippen LogP contribution in [0.1, 0.15) is 26.3 Å². The second-order valence-corrected chi connectivity index (χ2v) is 4.82. The summed E-state index contributed by atoms with van der Waals surface area (Å²) in [7, 11) is 0. The van der Waals surface area contributed by atoms with Gasteiger partial charge in [-0.2, -0.15) is 8.78 Å². The van der Waals surface area contributed by atoms with E-state index in [1.807, 2.05) is 0 Å². The average molecular weight is 231 g/mol. The summed E-state index contributed by atoms with van der Waals surface area (Å²) in [5, 5.41) is 2.71. The van der Waals surface area contributed by atoms with E-state index < -0.39 is 23.8 Å². The molecule has 0 amide bonds. The molecule has 0 spiro atoms. The summed E-state index contributed by atoms with van der Waals surface area (Å²) in [6.45, 7) is 4.90. The van der Waals surface area contributed by atoms with Crippen LogP contribution < -0.4 is 5.32 Å². The second-order valence-electron chi connectivity index (χ2n) is 4.82. The lowest BCUT2D eigenvalue weighted by Gasteiger charge is -2.25. The van der Waals surface area contributed by atoms with Gasteiger partial charge in [-0.3, -0.25) is 0 Å². The van der Waals surface area contributed by atoms with E-state index in [0.717, 1.165) is 12.1 Å². The van der Waals surface area contributed by atoms with Crippen LogP contribution in [0.3, 0.4) is 0 Å². The molecule has 1 rings (SSSR count). The highest BCUT2D eigenvalue weighted by atomic mass is 19.3. The highest BCUT2D eigenvalue weighted by Gasteiger charge is 2.32. The molecule has 0 bridgehead atoms. The minimum absolute atomic E-state index is 0.302. The monoisotopic (exact) mass is 231 g/mol. The van der Waals surface area contributed by atoms with E-state index in [-0.39, 0.29) is 5.56 Å². The van der Waals surface area contributed by atoms with Crippen molar-refractivity contribution < 1.29 is 13.2 Å². The Balaban J connectivity index is 2.77. The number of alkyl halides is 2. The Morgan fingerprint density at radius 3 is 2.31 bits per heavy atom. The first-order valence-corrected chi connectivity index (χ1v) is 5.10. The Hall–Kier alpha value is -1.03. The second kappa shape index (κ2) is 4.45. The Kier molecular flexibility index (Phi) is 3.63. The molecular weight excluding hydrogens is 215 g/mol. The quantitative estimate of drug-likeness (QED) is 0.841. The Morgan fingerprint density at radius 1 is 1.19 bits per heavy atom. The first-order valence-electron chi connectivity index (χ1n) is 5.10. The molecule has 1 aromatic carbocycles. The lowest BCUT2D eigenvalue weighted by atomic mass is 10.1. The highest BCUT2D eigenvalue weighted by molar-refractivity contribution is 5.21. The van der Waals surface area contributed by atoms with Gasteiger partial charge in [0.05, 0.1) is 6.54 Å². The van der Waals surface area contributed by atoms with E-state index in [2.05, 4.69) is 5.32 Å². The fourth-order valence-corrected chi connectivity index (χ4v) is 1.19. The maximum Gasteiger partial charge on any atom is 0.285 e. The zero-order valence-corrected chi connectivity index (χ0v) is 9.65. The maximum absolute atomic E-state index is 13.6. The molecule has 0 unspecified atom stereocenters. The van der Waals surface area contributed by atoms with Crippen molar-refractivity contribution in [2.24, 2.45) is 0 Å². The smallest absolute Gasteiger partial charge is 0.285 e. The lowest BCUT2D eigenvalue weighted by Crippen LogP contribution is -2.42. The molecule has 0 heterocycles. The minimum Gasteiger partial charge on any atom is -0.306 e. The Morgan fingerprint density at radius 2 is 1.81 bits per heavy atom. The summed E-state index contributed by atoms with van der Waals surface area (Å²) >= 11 is 0. The van der Waals surface area contributed by atoms with Gasteiger partial charge in [-0.15, -0.1) is 0 Å².